The summed E-state index contributed by atoms with van der Waals surface area (Å²) in [6.07, 6.45) is 4.86. The second-order valence-electron chi connectivity index (χ2n) is 6.25. The van der Waals surface area contributed by atoms with Gasteiger partial charge >= 0.3 is 0 Å². The van der Waals surface area contributed by atoms with Crippen LogP contribution in [0.1, 0.15) is 19.2 Å². The van der Waals surface area contributed by atoms with Crippen LogP contribution in [0.4, 0.5) is 5.69 Å². The highest BCUT2D eigenvalue weighted by molar-refractivity contribution is 5.97. The number of carboxylic acid groups (broad SMARTS) is 1. The van der Waals surface area contributed by atoms with E-state index in [0.717, 1.165) is 41.8 Å². The number of hydrogen-bond donors (Lipinski definition) is 4. The van der Waals surface area contributed by atoms with Gasteiger partial charge in [-0.15, -0.1) is 0 Å². The molecule has 0 aliphatic carbocycles. The van der Waals surface area contributed by atoms with E-state index in [1.165, 1.54) is 0 Å². The molecule has 0 bridgehead atoms. The van der Waals surface area contributed by atoms with Gasteiger partial charge in [-0.05, 0) is 24.9 Å². The van der Waals surface area contributed by atoms with Crippen molar-refractivity contribution in [1.82, 2.24) is 25.4 Å². The Bertz CT molecular complexity index is 874. The Morgan fingerprint density at radius 2 is 2.27 bits per heavy atom. The summed E-state index contributed by atoms with van der Waals surface area (Å²) in [5, 5.41) is 19.1. The first-order valence-corrected chi connectivity index (χ1v) is 8.46. The number of H-pyrrole nitrogens is 1. The average Bonchev–Trinajstić information content (AvgIpc) is 3.27. The summed E-state index contributed by atoms with van der Waals surface area (Å²) in [5.74, 6) is 1.71. The molecule has 0 spiro atoms. The number of nitrogens with zero attached hydrogens (tertiary/aromatic N) is 3. The third kappa shape index (κ3) is 3.67. The minimum absolute atomic E-state index is 0.250. The van der Waals surface area contributed by atoms with Crippen molar-refractivity contribution in [3.8, 4) is 11.4 Å². The molecule has 4 heterocycles. The quantitative estimate of drug-likeness (QED) is 0.524. The van der Waals surface area contributed by atoms with Crippen molar-refractivity contribution in [2.75, 3.05) is 18.4 Å². The Morgan fingerprint density at radius 1 is 1.46 bits per heavy atom. The minimum atomic E-state index is -0.250. The summed E-state index contributed by atoms with van der Waals surface area (Å²) < 4.78 is 5.14. The van der Waals surface area contributed by atoms with Gasteiger partial charge in [0.2, 0.25) is 11.7 Å². The van der Waals surface area contributed by atoms with Gasteiger partial charge in [-0.1, -0.05) is 12.1 Å². The first-order chi connectivity index (χ1) is 12.6. The molecule has 9 nitrogen and oxygen atoms in total. The smallest absolute Gasteiger partial charge is 0.290 e. The maximum atomic E-state index is 8.36. The van der Waals surface area contributed by atoms with Gasteiger partial charge in [0.25, 0.3) is 6.47 Å². The molecule has 1 fully saturated rings. The molecule has 3 aromatic heterocycles. The highest BCUT2D eigenvalue weighted by Crippen LogP contribution is 2.33. The van der Waals surface area contributed by atoms with Gasteiger partial charge in [-0.25, -0.2) is 4.98 Å². The van der Waals surface area contributed by atoms with Crippen LogP contribution in [-0.4, -0.2) is 50.8 Å². The highest BCUT2D eigenvalue weighted by Gasteiger charge is 2.24. The molecule has 2 atom stereocenters. The zero-order valence-corrected chi connectivity index (χ0v) is 14.7. The number of carbonyl (C=O) groups is 1. The molecule has 0 saturated carbocycles. The molecule has 26 heavy (non-hydrogen) atoms. The number of piperidine rings is 1. The Labute approximate surface area is 150 Å². The van der Waals surface area contributed by atoms with Crippen LogP contribution in [0.15, 0.2) is 23.0 Å². The van der Waals surface area contributed by atoms with Crippen molar-refractivity contribution in [3.63, 3.8) is 0 Å². The lowest BCUT2D eigenvalue weighted by atomic mass is 9.94. The van der Waals surface area contributed by atoms with Gasteiger partial charge in [0.15, 0.2) is 0 Å². The number of aromatic amines is 1. The lowest BCUT2D eigenvalue weighted by Crippen LogP contribution is -2.44. The lowest BCUT2D eigenvalue weighted by Gasteiger charge is -2.31. The normalized spacial score (nSPS) is 19.6. The van der Waals surface area contributed by atoms with Crippen LogP contribution >= 0.6 is 0 Å². The van der Waals surface area contributed by atoms with Crippen LogP contribution in [0, 0.1) is 12.8 Å². The predicted octanol–water partition coefficient (Wildman–Crippen LogP) is 2.03. The van der Waals surface area contributed by atoms with Gasteiger partial charge in [-0.3, -0.25) is 4.79 Å². The van der Waals surface area contributed by atoms with Gasteiger partial charge in [0.05, 0.1) is 11.3 Å². The largest absolute Gasteiger partial charge is 0.483 e. The molecule has 9 heteroatoms. The maximum absolute atomic E-state index is 8.36. The standard InChI is InChI=1S/C16H20N6O.CH2O2/c1-9-3-5-17-8-13(9)21-14-11-4-6-18-15(11)19-7-12(14)16-20-10(2)23-22-16;2-1-3/h4,6-7,9,13,17H,3,5,8H2,1-2H3,(H2,18,19,21);1H,(H,2,3). The van der Waals surface area contributed by atoms with E-state index in [-0.39, 0.29) is 6.47 Å². The topological polar surface area (TPSA) is 129 Å². The number of rotatable bonds is 3. The van der Waals surface area contributed by atoms with Crippen molar-refractivity contribution < 1.29 is 14.4 Å². The predicted molar refractivity (Wildman–Crippen MR) is 96.9 cm³/mol. The molecule has 2 unspecified atom stereocenters. The van der Waals surface area contributed by atoms with Crippen molar-refractivity contribution in [3.05, 3.63) is 24.4 Å². The van der Waals surface area contributed by atoms with Crippen molar-refractivity contribution in [1.29, 1.82) is 0 Å². The number of aromatic nitrogens is 4. The highest BCUT2D eigenvalue weighted by atomic mass is 16.5. The third-order valence-electron chi connectivity index (χ3n) is 4.51. The van der Waals surface area contributed by atoms with E-state index in [4.69, 9.17) is 14.4 Å². The third-order valence-corrected chi connectivity index (χ3v) is 4.51. The molecule has 4 rings (SSSR count). The van der Waals surface area contributed by atoms with E-state index < -0.39 is 0 Å². The zero-order chi connectivity index (χ0) is 18.5. The summed E-state index contributed by atoms with van der Waals surface area (Å²) in [7, 11) is 0. The monoisotopic (exact) mass is 358 g/mol. The van der Waals surface area contributed by atoms with Crippen LogP contribution in [0.25, 0.3) is 22.4 Å². The molecule has 3 aromatic rings. The fraction of sp³-hybridized carbons (Fsp3) is 0.412. The Kier molecular flexibility index (Phi) is 5.47. The van der Waals surface area contributed by atoms with E-state index in [2.05, 4.69) is 37.7 Å². The molecule has 4 N–H and O–H groups in total. The van der Waals surface area contributed by atoms with Crippen LogP contribution in [0.3, 0.4) is 0 Å². The summed E-state index contributed by atoms with van der Waals surface area (Å²) in [6, 6.07) is 2.39. The van der Waals surface area contributed by atoms with Crippen LogP contribution < -0.4 is 10.6 Å². The Balaban J connectivity index is 0.000000613. The number of pyridine rings is 1. The molecule has 0 amide bonds. The lowest BCUT2D eigenvalue weighted by molar-refractivity contribution is -0.122. The molecular formula is C17H22N6O3. The minimum Gasteiger partial charge on any atom is -0.483 e. The summed E-state index contributed by atoms with van der Waals surface area (Å²) in [6.45, 7) is 5.84. The summed E-state index contributed by atoms with van der Waals surface area (Å²) in [4.78, 5) is 20.4. The van der Waals surface area contributed by atoms with Crippen LogP contribution in [-0.2, 0) is 4.79 Å². The molecule has 1 saturated heterocycles. The number of aryl methyl sites for hydroxylation is 1. The van der Waals surface area contributed by atoms with Gasteiger partial charge in [-0.2, -0.15) is 4.98 Å². The van der Waals surface area contributed by atoms with E-state index in [1.807, 2.05) is 12.3 Å². The second-order valence-corrected chi connectivity index (χ2v) is 6.25. The van der Waals surface area contributed by atoms with E-state index in [0.29, 0.717) is 23.7 Å². The van der Waals surface area contributed by atoms with E-state index >= 15 is 0 Å². The maximum Gasteiger partial charge on any atom is 0.290 e. The van der Waals surface area contributed by atoms with Gasteiger partial charge < -0.3 is 25.2 Å². The van der Waals surface area contributed by atoms with Crippen molar-refractivity contribution in [2.24, 2.45) is 5.92 Å². The fourth-order valence-corrected chi connectivity index (χ4v) is 3.11. The zero-order valence-electron chi connectivity index (χ0n) is 14.7. The second kappa shape index (κ2) is 7.96. The van der Waals surface area contributed by atoms with E-state index in [9.17, 15) is 0 Å². The molecule has 138 valence electrons. The van der Waals surface area contributed by atoms with E-state index in [1.54, 1.807) is 13.1 Å². The molecule has 0 radical (unpaired) electrons. The SMILES string of the molecule is Cc1nc(-c2cnc3[nH]ccc3c2NC2CNCCC2C)no1.O=CO. The Hall–Kier alpha value is -2.94. The van der Waals surface area contributed by atoms with Gasteiger partial charge in [0, 0.05) is 37.3 Å². The molecule has 1 aliphatic rings. The van der Waals surface area contributed by atoms with Crippen LogP contribution in [0.5, 0.6) is 0 Å². The first kappa shape index (κ1) is 17.9. The average molecular weight is 358 g/mol. The molecular weight excluding hydrogens is 336 g/mol. The number of nitrogens with one attached hydrogen (secondary N) is 3. The summed E-state index contributed by atoms with van der Waals surface area (Å²) >= 11 is 0. The fourth-order valence-electron chi connectivity index (χ4n) is 3.11. The van der Waals surface area contributed by atoms with Crippen LogP contribution in [0.2, 0.25) is 0 Å². The number of anilines is 1. The molecule has 0 aromatic carbocycles. The van der Waals surface area contributed by atoms with Crippen molar-refractivity contribution >= 4 is 23.2 Å². The summed E-state index contributed by atoms with van der Waals surface area (Å²) in [5.41, 5.74) is 2.73. The number of hydrogen-bond acceptors (Lipinski definition) is 7. The first-order valence-electron chi connectivity index (χ1n) is 8.46. The van der Waals surface area contributed by atoms with Gasteiger partial charge in [0.1, 0.15) is 5.65 Å². The Morgan fingerprint density at radius 3 is 2.96 bits per heavy atom. The molecule has 1 aliphatic heterocycles. The van der Waals surface area contributed by atoms with Crippen molar-refractivity contribution in [2.45, 2.75) is 26.3 Å². The number of fused-ring (bicyclic) bond motifs is 1.